The molecule has 0 saturated heterocycles. The molecule has 0 aliphatic heterocycles. The third-order valence-corrected chi connectivity index (χ3v) is 2.26. The fourth-order valence-electron chi connectivity index (χ4n) is 0.933. The van der Waals surface area contributed by atoms with Crippen molar-refractivity contribution in [2.75, 3.05) is 7.05 Å². The van der Waals surface area contributed by atoms with E-state index in [4.69, 9.17) is 0 Å². The van der Waals surface area contributed by atoms with Crippen molar-refractivity contribution in [2.45, 2.75) is 33.7 Å². The van der Waals surface area contributed by atoms with Crippen LogP contribution in [0.2, 0.25) is 0 Å². The summed E-state index contributed by atoms with van der Waals surface area (Å²) in [5.41, 5.74) is 0.602. The molecule has 2 heteroatoms. The van der Waals surface area contributed by atoms with Crippen LogP contribution in [-0.2, 0) is 4.79 Å². The smallest absolute Gasteiger partial charge is 0.248 e. The monoisotopic (exact) mass is 169 g/mol. The van der Waals surface area contributed by atoms with Crippen molar-refractivity contribution in [3.05, 3.63) is 12.2 Å². The standard InChI is InChI=1S/C10H19NO/c1-7(2)9(5)11(6)10(12)8(3)4/h7,9H,3H2,1-2,4-6H3/t9-/m0/s1. The van der Waals surface area contributed by atoms with Crippen molar-refractivity contribution in [1.29, 1.82) is 0 Å². The van der Waals surface area contributed by atoms with E-state index in [1.807, 2.05) is 14.0 Å². The molecule has 1 atom stereocenters. The highest BCUT2D eigenvalue weighted by molar-refractivity contribution is 5.92. The average Bonchev–Trinajstić information content (AvgIpc) is 2.00. The van der Waals surface area contributed by atoms with Gasteiger partial charge >= 0.3 is 0 Å². The first-order valence-corrected chi connectivity index (χ1v) is 4.30. The molecule has 0 aliphatic rings. The van der Waals surface area contributed by atoms with Gasteiger partial charge in [-0.3, -0.25) is 4.79 Å². The Morgan fingerprint density at radius 1 is 1.33 bits per heavy atom. The molecule has 2 nitrogen and oxygen atoms in total. The lowest BCUT2D eigenvalue weighted by Gasteiger charge is -2.28. The Bertz CT molecular complexity index is 184. The average molecular weight is 169 g/mol. The summed E-state index contributed by atoms with van der Waals surface area (Å²) in [6.45, 7) is 11.6. The second kappa shape index (κ2) is 4.29. The van der Waals surface area contributed by atoms with Crippen LogP contribution < -0.4 is 0 Å². The minimum Gasteiger partial charge on any atom is -0.339 e. The summed E-state index contributed by atoms with van der Waals surface area (Å²) in [7, 11) is 1.82. The quantitative estimate of drug-likeness (QED) is 0.592. The first kappa shape index (κ1) is 11.2. The number of hydrogen-bond acceptors (Lipinski definition) is 1. The van der Waals surface area contributed by atoms with Gasteiger partial charge < -0.3 is 4.90 Å². The zero-order valence-electron chi connectivity index (χ0n) is 8.72. The third-order valence-electron chi connectivity index (χ3n) is 2.26. The molecule has 0 spiro atoms. The highest BCUT2D eigenvalue weighted by atomic mass is 16.2. The third kappa shape index (κ3) is 2.68. The summed E-state index contributed by atoms with van der Waals surface area (Å²) < 4.78 is 0. The van der Waals surface area contributed by atoms with E-state index in [0.717, 1.165) is 0 Å². The summed E-state index contributed by atoms with van der Waals surface area (Å²) in [6, 6.07) is 0.272. The number of rotatable bonds is 3. The van der Waals surface area contributed by atoms with Gasteiger partial charge in [0, 0.05) is 18.7 Å². The van der Waals surface area contributed by atoms with E-state index in [0.29, 0.717) is 11.5 Å². The van der Waals surface area contributed by atoms with Gasteiger partial charge in [-0.2, -0.15) is 0 Å². The zero-order valence-corrected chi connectivity index (χ0v) is 8.72. The van der Waals surface area contributed by atoms with Gasteiger partial charge in [-0.25, -0.2) is 0 Å². The van der Waals surface area contributed by atoms with Gasteiger partial charge in [-0.05, 0) is 19.8 Å². The molecule has 0 radical (unpaired) electrons. The van der Waals surface area contributed by atoms with E-state index in [9.17, 15) is 4.79 Å². The molecule has 70 valence electrons. The SMILES string of the molecule is C=C(C)C(=O)N(C)[C@@H](C)C(C)C. The van der Waals surface area contributed by atoms with Gasteiger partial charge in [0.1, 0.15) is 0 Å². The summed E-state index contributed by atoms with van der Waals surface area (Å²) in [5.74, 6) is 0.523. The number of amides is 1. The molecule has 0 rings (SSSR count). The molecule has 0 saturated carbocycles. The van der Waals surface area contributed by atoms with Crippen LogP contribution in [0, 0.1) is 5.92 Å². The molecule has 0 aromatic heterocycles. The van der Waals surface area contributed by atoms with Gasteiger partial charge in [-0.1, -0.05) is 20.4 Å². The molecular formula is C10H19NO. The Balaban J connectivity index is 4.29. The molecule has 0 bridgehead atoms. The van der Waals surface area contributed by atoms with Crippen molar-refractivity contribution in [3.8, 4) is 0 Å². The van der Waals surface area contributed by atoms with E-state index in [1.54, 1.807) is 11.8 Å². The zero-order chi connectivity index (χ0) is 9.89. The molecule has 0 aromatic carbocycles. The topological polar surface area (TPSA) is 20.3 Å². The number of carbonyl (C=O) groups is 1. The van der Waals surface area contributed by atoms with Gasteiger partial charge in [-0.15, -0.1) is 0 Å². The van der Waals surface area contributed by atoms with Crippen LogP contribution >= 0.6 is 0 Å². The second-order valence-electron chi connectivity index (χ2n) is 3.68. The fraction of sp³-hybridized carbons (Fsp3) is 0.700. The summed E-state index contributed by atoms with van der Waals surface area (Å²) >= 11 is 0. The van der Waals surface area contributed by atoms with E-state index >= 15 is 0 Å². The predicted octanol–water partition coefficient (Wildman–Crippen LogP) is 2.07. The normalized spacial score (nSPS) is 12.8. The molecule has 0 fully saturated rings. The number of likely N-dealkylation sites (N-methyl/N-ethyl adjacent to an activating group) is 1. The minimum absolute atomic E-state index is 0.0381. The van der Waals surface area contributed by atoms with Crippen LogP contribution in [0.3, 0.4) is 0 Å². The second-order valence-corrected chi connectivity index (χ2v) is 3.68. The minimum atomic E-state index is 0.0381. The first-order chi connectivity index (χ1) is 5.37. The van der Waals surface area contributed by atoms with E-state index < -0.39 is 0 Å². The molecule has 0 aliphatic carbocycles. The summed E-state index contributed by atoms with van der Waals surface area (Å²) in [5, 5.41) is 0. The largest absolute Gasteiger partial charge is 0.339 e. The number of hydrogen-bond donors (Lipinski definition) is 0. The van der Waals surface area contributed by atoms with Crippen LogP contribution in [0.5, 0.6) is 0 Å². The lowest BCUT2D eigenvalue weighted by Crippen LogP contribution is -2.38. The lowest BCUT2D eigenvalue weighted by atomic mass is 10.0. The molecule has 0 heterocycles. The van der Waals surface area contributed by atoms with E-state index in [2.05, 4.69) is 20.4 Å². The number of nitrogens with zero attached hydrogens (tertiary/aromatic N) is 1. The first-order valence-electron chi connectivity index (χ1n) is 4.30. The lowest BCUT2D eigenvalue weighted by molar-refractivity contribution is -0.128. The van der Waals surface area contributed by atoms with Crippen LogP contribution in [0.1, 0.15) is 27.7 Å². The van der Waals surface area contributed by atoms with Crippen molar-refractivity contribution < 1.29 is 4.79 Å². The molecular weight excluding hydrogens is 150 g/mol. The maximum Gasteiger partial charge on any atom is 0.248 e. The Morgan fingerprint density at radius 2 is 1.75 bits per heavy atom. The maximum atomic E-state index is 11.4. The van der Waals surface area contributed by atoms with Gasteiger partial charge in [0.05, 0.1) is 0 Å². The molecule has 1 amide bonds. The Morgan fingerprint density at radius 3 is 2.00 bits per heavy atom. The van der Waals surface area contributed by atoms with E-state index in [-0.39, 0.29) is 11.9 Å². The molecule has 0 N–H and O–H groups in total. The van der Waals surface area contributed by atoms with Gasteiger partial charge in [0.15, 0.2) is 0 Å². The Kier molecular flexibility index (Phi) is 4.01. The van der Waals surface area contributed by atoms with Gasteiger partial charge in [0.2, 0.25) is 5.91 Å². The maximum absolute atomic E-state index is 11.4. The predicted molar refractivity (Wildman–Crippen MR) is 51.9 cm³/mol. The van der Waals surface area contributed by atoms with Crippen molar-refractivity contribution in [3.63, 3.8) is 0 Å². The molecule has 0 aromatic rings. The van der Waals surface area contributed by atoms with E-state index in [1.165, 1.54) is 0 Å². The molecule has 12 heavy (non-hydrogen) atoms. The fourth-order valence-corrected chi connectivity index (χ4v) is 0.933. The van der Waals surface area contributed by atoms with Crippen LogP contribution in [-0.4, -0.2) is 23.9 Å². The Hall–Kier alpha value is -0.790. The summed E-state index contributed by atoms with van der Waals surface area (Å²) in [4.78, 5) is 13.2. The molecule has 0 unspecified atom stereocenters. The summed E-state index contributed by atoms with van der Waals surface area (Å²) in [6.07, 6.45) is 0. The Labute approximate surface area is 75.3 Å². The van der Waals surface area contributed by atoms with Crippen molar-refractivity contribution >= 4 is 5.91 Å². The highest BCUT2D eigenvalue weighted by Gasteiger charge is 2.18. The van der Waals surface area contributed by atoms with Gasteiger partial charge in [0.25, 0.3) is 0 Å². The van der Waals surface area contributed by atoms with Crippen molar-refractivity contribution in [2.24, 2.45) is 5.92 Å². The highest BCUT2D eigenvalue weighted by Crippen LogP contribution is 2.10. The van der Waals surface area contributed by atoms with Crippen LogP contribution in [0.15, 0.2) is 12.2 Å². The van der Waals surface area contributed by atoms with Crippen LogP contribution in [0.25, 0.3) is 0 Å². The number of carbonyl (C=O) groups excluding carboxylic acids is 1. The van der Waals surface area contributed by atoms with Crippen molar-refractivity contribution in [1.82, 2.24) is 4.90 Å². The van der Waals surface area contributed by atoms with Crippen LogP contribution in [0.4, 0.5) is 0 Å².